The van der Waals surface area contributed by atoms with Crippen LogP contribution in [-0.2, 0) is 19.9 Å². The molecular formula is C14H19N3O2. The van der Waals surface area contributed by atoms with Crippen LogP contribution in [0.1, 0.15) is 11.3 Å². The van der Waals surface area contributed by atoms with Gasteiger partial charge in [0, 0.05) is 19.9 Å². The van der Waals surface area contributed by atoms with Gasteiger partial charge in [-0.3, -0.25) is 4.68 Å². The highest BCUT2D eigenvalue weighted by atomic mass is 16.5. The van der Waals surface area contributed by atoms with Gasteiger partial charge in [0.15, 0.2) is 0 Å². The highest BCUT2D eigenvalue weighted by Gasteiger charge is 2.12. The van der Waals surface area contributed by atoms with Crippen molar-refractivity contribution >= 4 is 0 Å². The maximum absolute atomic E-state index is 9.48. The van der Waals surface area contributed by atoms with Gasteiger partial charge in [0.1, 0.15) is 5.75 Å². The van der Waals surface area contributed by atoms with Crippen molar-refractivity contribution < 1.29 is 9.84 Å². The van der Waals surface area contributed by atoms with Gasteiger partial charge in [-0.05, 0) is 36.5 Å². The van der Waals surface area contributed by atoms with Crippen LogP contribution in [0.15, 0.2) is 30.5 Å². The molecule has 0 spiro atoms. The van der Waals surface area contributed by atoms with E-state index in [9.17, 15) is 5.11 Å². The van der Waals surface area contributed by atoms with Crippen molar-refractivity contribution in [2.75, 3.05) is 13.7 Å². The lowest BCUT2D eigenvalue weighted by Crippen LogP contribution is -2.13. The third-order valence-electron chi connectivity index (χ3n) is 3.09. The molecule has 2 rings (SSSR count). The molecule has 0 saturated heterocycles. The van der Waals surface area contributed by atoms with Gasteiger partial charge in [-0.1, -0.05) is 17.3 Å². The molecule has 0 saturated carbocycles. The largest absolute Gasteiger partial charge is 0.497 e. The van der Waals surface area contributed by atoms with Gasteiger partial charge >= 0.3 is 0 Å². The molecule has 0 aliphatic carbocycles. The van der Waals surface area contributed by atoms with E-state index in [4.69, 9.17) is 4.74 Å². The monoisotopic (exact) mass is 261 g/mol. The summed E-state index contributed by atoms with van der Waals surface area (Å²) in [6.45, 7) is 0.141. The summed E-state index contributed by atoms with van der Waals surface area (Å²) < 4.78 is 6.81. The Labute approximate surface area is 112 Å². The van der Waals surface area contributed by atoms with Gasteiger partial charge in [0.2, 0.25) is 0 Å². The number of rotatable bonds is 6. The van der Waals surface area contributed by atoms with Gasteiger partial charge in [0.05, 0.1) is 12.8 Å². The molecule has 19 heavy (non-hydrogen) atoms. The van der Waals surface area contributed by atoms with Crippen LogP contribution in [0.25, 0.3) is 0 Å². The molecule has 2 aromatic rings. The number of nitrogens with zero attached hydrogens (tertiary/aromatic N) is 3. The molecule has 5 heteroatoms. The van der Waals surface area contributed by atoms with E-state index >= 15 is 0 Å². The number of benzene rings is 1. The maximum Gasteiger partial charge on any atom is 0.118 e. The van der Waals surface area contributed by atoms with Crippen molar-refractivity contribution in [3.8, 4) is 5.75 Å². The van der Waals surface area contributed by atoms with Gasteiger partial charge in [-0.2, -0.15) is 0 Å². The summed E-state index contributed by atoms with van der Waals surface area (Å²) in [4.78, 5) is 0. The quantitative estimate of drug-likeness (QED) is 0.849. The molecule has 0 aliphatic rings. The zero-order valence-electron chi connectivity index (χ0n) is 11.3. The van der Waals surface area contributed by atoms with Crippen LogP contribution in [0.3, 0.4) is 0 Å². The molecule has 0 aliphatic heterocycles. The molecule has 102 valence electrons. The van der Waals surface area contributed by atoms with E-state index in [0.29, 0.717) is 0 Å². The summed E-state index contributed by atoms with van der Waals surface area (Å²) in [5.74, 6) is 1.00. The normalized spacial score (nSPS) is 12.4. The predicted octanol–water partition coefficient (Wildman–Crippen LogP) is 1.22. The molecule has 1 unspecified atom stereocenters. The lowest BCUT2D eigenvalue weighted by molar-refractivity contribution is 0.224. The van der Waals surface area contributed by atoms with E-state index in [1.165, 1.54) is 5.56 Å². The molecule has 1 atom stereocenters. The van der Waals surface area contributed by atoms with Gasteiger partial charge in [-0.25, -0.2) is 0 Å². The Morgan fingerprint density at radius 2 is 2.00 bits per heavy atom. The van der Waals surface area contributed by atoms with Crippen LogP contribution in [-0.4, -0.2) is 33.8 Å². The first kappa shape index (κ1) is 13.5. The highest BCUT2D eigenvalue weighted by molar-refractivity contribution is 5.27. The van der Waals surface area contributed by atoms with Crippen LogP contribution in [0.5, 0.6) is 5.75 Å². The van der Waals surface area contributed by atoms with E-state index in [-0.39, 0.29) is 12.5 Å². The van der Waals surface area contributed by atoms with Crippen LogP contribution in [0.4, 0.5) is 0 Å². The third-order valence-corrected chi connectivity index (χ3v) is 3.09. The minimum absolute atomic E-state index is 0.141. The van der Waals surface area contributed by atoms with Crippen LogP contribution < -0.4 is 4.74 Å². The Bertz CT molecular complexity index is 508. The van der Waals surface area contributed by atoms with Crippen LogP contribution in [0, 0.1) is 5.92 Å². The average Bonchev–Trinajstić information content (AvgIpc) is 2.84. The summed E-state index contributed by atoms with van der Waals surface area (Å²) in [6.07, 6.45) is 3.43. The first-order valence-electron chi connectivity index (χ1n) is 6.30. The summed E-state index contributed by atoms with van der Waals surface area (Å²) in [7, 11) is 3.49. The number of aromatic nitrogens is 3. The van der Waals surface area contributed by atoms with Crippen molar-refractivity contribution in [2.45, 2.75) is 12.8 Å². The minimum Gasteiger partial charge on any atom is -0.497 e. The Balaban J connectivity index is 1.97. The Kier molecular flexibility index (Phi) is 4.52. The zero-order chi connectivity index (χ0) is 13.7. The molecule has 5 nitrogen and oxygen atoms in total. The molecule has 0 radical (unpaired) electrons. The first-order chi connectivity index (χ1) is 9.21. The molecule has 0 fully saturated rings. The number of aryl methyl sites for hydroxylation is 1. The maximum atomic E-state index is 9.48. The number of hydrogen-bond acceptors (Lipinski definition) is 4. The molecular weight excluding hydrogens is 242 g/mol. The third kappa shape index (κ3) is 3.79. The number of ether oxygens (including phenoxy) is 1. The second kappa shape index (κ2) is 6.33. The number of methoxy groups -OCH3 is 1. The van der Waals surface area contributed by atoms with Crippen molar-refractivity contribution in [3.05, 3.63) is 41.7 Å². The fourth-order valence-electron chi connectivity index (χ4n) is 2.08. The number of aliphatic hydroxyl groups excluding tert-OH is 1. The summed E-state index contributed by atoms with van der Waals surface area (Å²) >= 11 is 0. The van der Waals surface area contributed by atoms with E-state index in [2.05, 4.69) is 10.3 Å². The van der Waals surface area contributed by atoms with Crippen LogP contribution >= 0.6 is 0 Å². The predicted molar refractivity (Wildman–Crippen MR) is 72.0 cm³/mol. The van der Waals surface area contributed by atoms with Crippen LogP contribution in [0.2, 0.25) is 0 Å². The fourth-order valence-corrected chi connectivity index (χ4v) is 2.08. The van der Waals surface area contributed by atoms with Gasteiger partial charge < -0.3 is 9.84 Å². The lowest BCUT2D eigenvalue weighted by Gasteiger charge is -2.12. The molecule has 0 bridgehead atoms. The first-order valence-corrected chi connectivity index (χ1v) is 6.30. The second-order valence-corrected chi connectivity index (χ2v) is 4.69. The summed E-state index contributed by atoms with van der Waals surface area (Å²) in [6, 6.07) is 7.93. The van der Waals surface area contributed by atoms with E-state index < -0.39 is 0 Å². The molecule has 1 heterocycles. The topological polar surface area (TPSA) is 60.2 Å². The minimum atomic E-state index is 0.141. The lowest BCUT2D eigenvalue weighted by atomic mass is 9.96. The van der Waals surface area contributed by atoms with Crippen molar-refractivity contribution in [2.24, 2.45) is 13.0 Å². The van der Waals surface area contributed by atoms with Crippen molar-refractivity contribution in [3.63, 3.8) is 0 Å². The SMILES string of the molecule is COc1ccc(CC(CO)Cc2cn(C)nn2)cc1. The van der Waals surface area contributed by atoms with Gasteiger partial charge in [0.25, 0.3) is 0 Å². The zero-order valence-corrected chi connectivity index (χ0v) is 11.3. The Hall–Kier alpha value is -1.88. The fraction of sp³-hybridized carbons (Fsp3) is 0.429. The molecule has 0 amide bonds. The summed E-state index contributed by atoms with van der Waals surface area (Å²) in [5.41, 5.74) is 2.10. The van der Waals surface area contributed by atoms with E-state index in [1.807, 2.05) is 37.5 Å². The Morgan fingerprint density at radius 3 is 2.53 bits per heavy atom. The van der Waals surface area contributed by atoms with E-state index in [1.54, 1.807) is 11.8 Å². The molecule has 1 aromatic carbocycles. The highest BCUT2D eigenvalue weighted by Crippen LogP contribution is 2.16. The second-order valence-electron chi connectivity index (χ2n) is 4.69. The smallest absolute Gasteiger partial charge is 0.118 e. The standard InChI is InChI=1S/C14H19N3O2/c1-17-9-13(15-16-17)8-12(10-18)7-11-3-5-14(19-2)6-4-11/h3-6,9,12,18H,7-8,10H2,1-2H3. The van der Waals surface area contributed by atoms with Crippen molar-refractivity contribution in [1.29, 1.82) is 0 Å². The summed E-state index contributed by atoms with van der Waals surface area (Å²) in [5, 5.41) is 17.4. The molecule has 1 aromatic heterocycles. The molecule has 1 N–H and O–H groups in total. The van der Waals surface area contributed by atoms with E-state index in [0.717, 1.165) is 24.3 Å². The van der Waals surface area contributed by atoms with Gasteiger partial charge in [-0.15, -0.1) is 5.10 Å². The number of aliphatic hydroxyl groups is 1. The Morgan fingerprint density at radius 1 is 1.26 bits per heavy atom. The van der Waals surface area contributed by atoms with Crippen molar-refractivity contribution in [1.82, 2.24) is 15.0 Å². The number of hydrogen-bond donors (Lipinski definition) is 1. The average molecular weight is 261 g/mol.